The Hall–Kier alpha value is -3.86. The normalized spacial score (nSPS) is 22.4. The molecule has 2 fully saturated rings. The maximum atomic E-state index is 15.0. The highest BCUT2D eigenvalue weighted by molar-refractivity contribution is 5.91. The Balaban J connectivity index is 1.32. The number of benzene rings is 2. The molecule has 1 aromatic heterocycles. The first-order valence-corrected chi connectivity index (χ1v) is 10.4. The van der Waals surface area contributed by atoms with E-state index in [2.05, 4.69) is 20.7 Å². The van der Waals surface area contributed by atoms with Gasteiger partial charge in [-0.3, -0.25) is 9.69 Å². The monoisotopic (exact) mass is 451 g/mol. The highest BCUT2D eigenvalue weighted by Gasteiger charge is 2.64. The summed E-state index contributed by atoms with van der Waals surface area (Å²) in [6.45, 7) is 1.68. The third kappa shape index (κ3) is 3.80. The van der Waals surface area contributed by atoms with Crippen molar-refractivity contribution in [1.29, 1.82) is 0 Å². The number of hydrogen-bond donors (Lipinski definition) is 2. The zero-order valence-corrected chi connectivity index (χ0v) is 18.0. The van der Waals surface area contributed by atoms with Crippen molar-refractivity contribution in [3.05, 3.63) is 59.7 Å². The number of tetrazole rings is 1. The number of nitrogens with two attached hydrogens (primary N) is 1. The van der Waals surface area contributed by atoms with E-state index in [4.69, 9.17) is 10.5 Å². The van der Waals surface area contributed by atoms with E-state index in [0.717, 1.165) is 5.56 Å². The quantitative estimate of drug-likeness (QED) is 0.604. The van der Waals surface area contributed by atoms with Gasteiger partial charge in [-0.25, -0.2) is 9.18 Å². The lowest BCUT2D eigenvalue weighted by Crippen LogP contribution is -2.33. The molecule has 3 aromatic rings. The Morgan fingerprint density at radius 1 is 1.30 bits per heavy atom. The number of nitrogens with one attached hydrogen (secondary N) is 1. The average Bonchev–Trinajstić information content (AvgIpc) is 3.08. The molecule has 0 radical (unpaired) electrons. The average molecular weight is 451 g/mol. The molecular weight excluding hydrogens is 429 g/mol. The van der Waals surface area contributed by atoms with E-state index >= 15 is 4.39 Å². The van der Waals surface area contributed by atoms with Gasteiger partial charge in [0.15, 0.2) is 11.4 Å². The lowest BCUT2D eigenvalue weighted by molar-refractivity contribution is -0.119. The van der Waals surface area contributed by atoms with Gasteiger partial charge in [0, 0.05) is 18.9 Å². The van der Waals surface area contributed by atoms with E-state index in [0.29, 0.717) is 29.1 Å². The molecule has 1 saturated carbocycles. The smallest absolute Gasteiger partial charge is 0.415 e. The highest BCUT2D eigenvalue weighted by atomic mass is 19.1. The van der Waals surface area contributed by atoms with Gasteiger partial charge >= 0.3 is 6.09 Å². The van der Waals surface area contributed by atoms with Crippen molar-refractivity contribution in [3.8, 4) is 11.1 Å². The van der Waals surface area contributed by atoms with Gasteiger partial charge in [-0.05, 0) is 34.5 Å². The van der Waals surface area contributed by atoms with Crippen LogP contribution < -0.4 is 16.0 Å². The molecule has 2 aliphatic rings. The fraction of sp³-hybridized carbons (Fsp3) is 0.318. The molecule has 1 aliphatic heterocycles. The molecular formula is C22H22FN7O3. The number of carbonyl (C=O) groups is 2. The van der Waals surface area contributed by atoms with Crippen molar-refractivity contribution in [2.24, 2.45) is 12.8 Å². The number of aryl methyl sites for hydroxylation is 1. The molecule has 0 bridgehead atoms. The predicted molar refractivity (Wildman–Crippen MR) is 115 cm³/mol. The van der Waals surface area contributed by atoms with Gasteiger partial charge in [0.2, 0.25) is 5.91 Å². The molecule has 170 valence electrons. The lowest BCUT2D eigenvalue weighted by atomic mass is 10.00. The van der Waals surface area contributed by atoms with Gasteiger partial charge in [-0.15, -0.1) is 10.2 Å². The SMILES string of the molecule is CC(=O)N[C@@H]1CC12CN(c1ccc(-c3ccc(C(N)c4nnn(C)n4)cc3)c(F)c1)C(=O)O2. The number of carbonyl (C=O) groups excluding carboxylic acids is 2. The standard InChI is InChI=1S/C22H22FN7O3/c1-12(31)25-18-10-22(18)11-30(21(32)33-22)15-7-8-16(17(23)9-15)13-3-5-14(6-4-13)19(24)20-26-28-29(2)27-20/h3-9,18-19H,10-11,24H2,1-2H3,(H,25,31)/t18-,19?,22?/m1/s1. The van der Waals surface area contributed by atoms with Gasteiger partial charge in [0.25, 0.3) is 0 Å². The fourth-order valence-corrected chi connectivity index (χ4v) is 4.14. The summed E-state index contributed by atoms with van der Waals surface area (Å²) in [5.41, 5.74) is 7.68. The van der Waals surface area contributed by atoms with E-state index in [1.807, 2.05) is 0 Å². The Kier molecular flexibility index (Phi) is 4.85. The molecule has 2 aromatic carbocycles. The number of aromatic nitrogens is 4. The summed E-state index contributed by atoms with van der Waals surface area (Å²) < 4.78 is 20.5. The van der Waals surface area contributed by atoms with Gasteiger partial charge in [-0.2, -0.15) is 4.80 Å². The minimum Gasteiger partial charge on any atom is -0.438 e. The van der Waals surface area contributed by atoms with Crippen LogP contribution in [0.25, 0.3) is 11.1 Å². The summed E-state index contributed by atoms with van der Waals surface area (Å²) in [7, 11) is 1.66. The van der Waals surface area contributed by atoms with Crippen LogP contribution in [0, 0.1) is 5.82 Å². The molecule has 33 heavy (non-hydrogen) atoms. The number of nitrogens with zero attached hydrogens (tertiary/aromatic N) is 5. The first kappa shape index (κ1) is 21.0. The second kappa shape index (κ2) is 7.62. The summed E-state index contributed by atoms with van der Waals surface area (Å²) in [6, 6.07) is 11.0. The third-order valence-corrected chi connectivity index (χ3v) is 5.99. The summed E-state index contributed by atoms with van der Waals surface area (Å²) in [4.78, 5) is 26.4. The molecule has 1 spiro atoms. The first-order valence-electron chi connectivity index (χ1n) is 10.4. The first-order chi connectivity index (χ1) is 15.8. The van der Waals surface area contributed by atoms with E-state index in [1.54, 1.807) is 43.4 Å². The Bertz CT molecular complexity index is 1250. The van der Waals surface area contributed by atoms with Crippen LogP contribution in [0.15, 0.2) is 42.5 Å². The zero-order chi connectivity index (χ0) is 23.3. The van der Waals surface area contributed by atoms with Crippen molar-refractivity contribution in [2.45, 2.75) is 31.0 Å². The van der Waals surface area contributed by atoms with Crippen molar-refractivity contribution < 1.29 is 18.7 Å². The second-order valence-corrected chi connectivity index (χ2v) is 8.38. The maximum Gasteiger partial charge on any atom is 0.415 e. The lowest BCUT2D eigenvalue weighted by Gasteiger charge is -2.15. The number of hydrogen-bond acceptors (Lipinski definition) is 7. The minimum atomic E-state index is -0.732. The summed E-state index contributed by atoms with van der Waals surface area (Å²) in [6.07, 6.45) is -0.000475. The molecule has 2 heterocycles. The van der Waals surface area contributed by atoms with Crippen LogP contribution in [0.3, 0.4) is 0 Å². The minimum absolute atomic E-state index is 0.179. The third-order valence-electron chi connectivity index (χ3n) is 5.99. The number of halogens is 1. The van der Waals surface area contributed by atoms with Crippen LogP contribution in [0.4, 0.5) is 14.9 Å². The van der Waals surface area contributed by atoms with E-state index in [-0.39, 0.29) is 18.5 Å². The highest BCUT2D eigenvalue weighted by Crippen LogP contribution is 2.46. The topological polar surface area (TPSA) is 128 Å². The van der Waals surface area contributed by atoms with Gasteiger partial charge in [-0.1, -0.05) is 24.3 Å². The van der Waals surface area contributed by atoms with Crippen LogP contribution in [-0.2, 0) is 16.6 Å². The molecule has 3 N–H and O–H groups in total. The van der Waals surface area contributed by atoms with Crippen molar-refractivity contribution >= 4 is 17.7 Å². The zero-order valence-electron chi connectivity index (χ0n) is 18.0. The molecule has 1 aliphatic carbocycles. The van der Waals surface area contributed by atoms with Gasteiger partial charge < -0.3 is 15.8 Å². The van der Waals surface area contributed by atoms with Gasteiger partial charge in [0.1, 0.15) is 5.82 Å². The Morgan fingerprint density at radius 3 is 2.70 bits per heavy atom. The second-order valence-electron chi connectivity index (χ2n) is 8.38. The number of amides is 2. The maximum absolute atomic E-state index is 15.0. The van der Waals surface area contributed by atoms with E-state index in [1.165, 1.54) is 22.7 Å². The van der Waals surface area contributed by atoms with Crippen LogP contribution in [0.1, 0.15) is 30.8 Å². The summed E-state index contributed by atoms with van der Waals surface area (Å²) >= 11 is 0. The fourth-order valence-electron chi connectivity index (χ4n) is 4.14. The van der Waals surface area contributed by atoms with Crippen molar-refractivity contribution in [2.75, 3.05) is 11.4 Å². The van der Waals surface area contributed by atoms with Gasteiger partial charge in [0.05, 0.1) is 31.4 Å². The van der Waals surface area contributed by atoms with Crippen molar-refractivity contribution in [3.63, 3.8) is 0 Å². The number of ether oxygens (including phenoxy) is 1. The molecule has 2 unspecified atom stereocenters. The largest absolute Gasteiger partial charge is 0.438 e. The molecule has 2 amide bonds. The predicted octanol–water partition coefficient (Wildman–Crippen LogP) is 1.67. The molecule has 1 saturated heterocycles. The Labute approximate surface area is 188 Å². The Morgan fingerprint density at radius 2 is 2.06 bits per heavy atom. The molecule has 5 rings (SSSR count). The van der Waals surface area contributed by atoms with Crippen molar-refractivity contribution in [1.82, 2.24) is 25.5 Å². The van der Waals surface area contributed by atoms with Crippen LogP contribution in [-0.4, -0.2) is 50.4 Å². The van der Waals surface area contributed by atoms with E-state index in [9.17, 15) is 9.59 Å². The number of rotatable bonds is 5. The summed E-state index contributed by atoms with van der Waals surface area (Å²) in [5.74, 6) is -0.253. The van der Waals surface area contributed by atoms with E-state index < -0.39 is 23.6 Å². The van der Waals surface area contributed by atoms with Crippen LogP contribution >= 0.6 is 0 Å². The van der Waals surface area contributed by atoms with Crippen LogP contribution in [0.5, 0.6) is 0 Å². The molecule has 3 atom stereocenters. The molecule has 10 nitrogen and oxygen atoms in total. The van der Waals surface area contributed by atoms with Crippen LogP contribution in [0.2, 0.25) is 0 Å². The molecule has 11 heteroatoms. The summed E-state index contributed by atoms with van der Waals surface area (Å²) in [5, 5.41) is 14.6. The number of anilines is 1.